The van der Waals surface area contributed by atoms with Gasteiger partial charge in [-0.05, 0) is 43.2 Å². The minimum Gasteiger partial charge on any atom is -0.366 e. The molecule has 33 heavy (non-hydrogen) atoms. The van der Waals surface area contributed by atoms with Gasteiger partial charge in [-0.1, -0.05) is 6.07 Å². The van der Waals surface area contributed by atoms with Gasteiger partial charge in [-0.2, -0.15) is 13.2 Å². The highest BCUT2D eigenvalue weighted by Crippen LogP contribution is 2.39. The molecule has 4 rings (SSSR count). The molecule has 3 heterocycles. The molecule has 2 aromatic heterocycles. The molecule has 178 valence electrons. The molecular weight excluding hydrogens is 445 g/mol. The van der Waals surface area contributed by atoms with E-state index in [0.717, 1.165) is 31.5 Å². The summed E-state index contributed by atoms with van der Waals surface area (Å²) in [5.41, 5.74) is -0.720. The van der Waals surface area contributed by atoms with Crippen LogP contribution in [0.5, 0.6) is 0 Å². The molecule has 0 radical (unpaired) electrons. The lowest BCUT2D eigenvalue weighted by molar-refractivity contribution is -0.141. The predicted molar refractivity (Wildman–Crippen MR) is 114 cm³/mol. The average molecular weight is 469 g/mol. The highest BCUT2D eigenvalue weighted by molar-refractivity contribution is 5.81. The molecule has 2 aliphatic rings. The van der Waals surface area contributed by atoms with Crippen LogP contribution in [-0.2, 0) is 6.18 Å². The summed E-state index contributed by atoms with van der Waals surface area (Å²) >= 11 is 0. The number of alkyl halides is 5. The van der Waals surface area contributed by atoms with Gasteiger partial charge in [0.15, 0.2) is 5.82 Å². The molecule has 2 fully saturated rings. The highest BCUT2D eigenvalue weighted by atomic mass is 19.4. The van der Waals surface area contributed by atoms with Gasteiger partial charge in [0.2, 0.25) is 0 Å². The van der Waals surface area contributed by atoms with Gasteiger partial charge in [0.25, 0.3) is 6.43 Å². The quantitative estimate of drug-likeness (QED) is 0.414. The first-order valence-electron chi connectivity index (χ1n) is 10.7. The standard InChI is InChI=1S/C21H24F5N7/c22-17(23)8-29-20-15(7-27)28-9-18(32-20)30-14-5-4-12-10-33(11-13(12)6-14)19-3-1-2-16(31-19)21(24,25)26/h1-3,7,9,12-14,17,27H,4-6,8,10-11H2,(H2,29,30,32)/t12-,13+,14+/m1/s1. The fourth-order valence-electron chi connectivity index (χ4n) is 4.59. The van der Waals surface area contributed by atoms with E-state index in [1.807, 2.05) is 4.90 Å². The van der Waals surface area contributed by atoms with Gasteiger partial charge in [0.1, 0.15) is 23.0 Å². The van der Waals surface area contributed by atoms with Crippen LogP contribution in [0.3, 0.4) is 0 Å². The van der Waals surface area contributed by atoms with Crippen molar-refractivity contribution in [3.8, 4) is 0 Å². The van der Waals surface area contributed by atoms with Crippen LogP contribution in [0.2, 0.25) is 0 Å². The molecule has 0 spiro atoms. The lowest BCUT2D eigenvalue weighted by Crippen LogP contribution is -2.32. The second-order valence-electron chi connectivity index (χ2n) is 8.36. The summed E-state index contributed by atoms with van der Waals surface area (Å²) in [5, 5.41) is 13.2. The molecule has 1 aliphatic carbocycles. The predicted octanol–water partition coefficient (Wildman–Crippen LogP) is 4.28. The number of halogens is 5. The van der Waals surface area contributed by atoms with E-state index < -0.39 is 24.8 Å². The molecule has 0 amide bonds. The Balaban J connectivity index is 1.40. The molecule has 0 aromatic carbocycles. The third kappa shape index (κ3) is 5.48. The molecular formula is C21H24F5N7. The van der Waals surface area contributed by atoms with Crippen molar-refractivity contribution in [1.82, 2.24) is 15.0 Å². The molecule has 3 N–H and O–H groups in total. The van der Waals surface area contributed by atoms with Crippen LogP contribution in [0.25, 0.3) is 0 Å². The maximum Gasteiger partial charge on any atom is 0.433 e. The van der Waals surface area contributed by atoms with E-state index in [-0.39, 0.29) is 23.5 Å². The summed E-state index contributed by atoms with van der Waals surface area (Å²) in [6, 6.07) is 4.04. The number of rotatable bonds is 7. The van der Waals surface area contributed by atoms with Crippen molar-refractivity contribution in [3.05, 3.63) is 35.8 Å². The maximum absolute atomic E-state index is 13.0. The SMILES string of the molecule is N=Cc1ncc(N[C@H]2CC[C@@H]3CN(c4cccc(C(F)(F)F)n4)C[C@@H]3C2)nc1NCC(F)F. The molecule has 2 aromatic rings. The van der Waals surface area contributed by atoms with Crippen molar-refractivity contribution >= 4 is 23.7 Å². The third-order valence-corrected chi connectivity index (χ3v) is 6.11. The lowest BCUT2D eigenvalue weighted by atomic mass is 9.79. The van der Waals surface area contributed by atoms with E-state index in [0.29, 0.717) is 30.6 Å². The van der Waals surface area contributed by atoms with Crippen LogP contribution < -0.4 is 15.5 Å². The number of hydrogen-bond donors (Lipinski definition) is 3. The minimum atomic E-state index is -4.48. The van der Waals surface area contributed by atoms with Gasteiger partial charge in [0.05, 0.1) is 12.7 Å². The Morgan fingerprint density at radius 3 is 2.67 bits per heavy atom. The van der Waals surface area contributed by atoms with E-state index in [1.165, 1.54) is 12.3 Å². The minimum absolute atomic E-state index is 0.0729. The summed E-state index contributed by atoms with van der Waals surface area (Å²) in [6.07, 6.45) is -2.07. The second kappa shape index (κ2) is 9.44. The van der Waals surface area contributed by atoms with Gasteiger partial charge in [-0.3, -0.25) is 0 Å². The number of hydrogen-bond acceptors (Lipinski definition) is 7. The Bertz CT molecular complexity index is 984. The summed E-state index contributed by atoms with van der Waals surface area (Å²) in [7, 11) is 0. The first-order valence-corrected chi connectivity index (χ1v) is 10.7. The fraction of sp³-hybridized carbons (Fsp3) is 0.524. The first kappa shape index (κ1) is 23.1. The maximum atomic E-state index is 13.0. The van der Waals surface area contributed by atoms with Crippen LogP contribution in [0.1, 0.15) is 30.7 Å². The average Bonchev–Trinajstić information content (AvgIpc) is 3.21. The first-order chi connectivity index (χ1) is 15.7. The Kier molecular flexibility index (Phi) is 6.61. The highest BCUT2D eigenvalue weighted by Gasteiger charge is 2.39. The summed E-state index contributed by atoms with van der Waals surface area (Å²) in [4.78, 5) is 14.1. The van der Waals surface area contributed by atoms with Crippen LogP contribution in [-0.4, -0.2) is 53.3 Å². The summed E-state index contributed by atoms with van der Waals surface area (Å²) in [5.74, 6) is 1.54. The topological polar surface area (TPSA) is 89.8 Å². The molecule has 7 nitrogen and oxygen atoms in total. The molecule has 12 heteroatoms. The summed E-state index contributed by atoms with van der Waals surface area (Å²) in [6.45, 7) is 0.698. The van der Waals surface area contributed by atoms with Gasteiger partial charge in [0, 0.05) is 25.3 Å². The van der Waals surface area contributed by atoms with Crippen molar-refractivity contribution < 1.29 is 22.0 Å². The number of pyridine rings is 1. The number of fused-ring (bicyclic) bond motifs is 1. The Morgan fingerprint density at radius 2 is 1.94 bits per heavy atom. The molecule has 0 unspecified atom stereocenters. The zero-order valence-corrected chi connectivity index (χ0v) is 17.6. The molecule has 0 bridgehead atoms. The second-order valence-corrected chi connectivity index (χ2v) is 8.36. The summed E-state index contributed by atoms with van der Waals surface area (Å²) < 4.78 is 64.1. The number of nitrogens with one attached hydrogen (secondary N) is 3. The monoisotopic (exact) mass is 469 g/mol. The molecule has 3 atom stereocenters. The van der Waals surface area contributed by atoms with Gasteiger partial charge in [-0.15, -0.1) is 0 Å². The van der Waals surface area contributed by atoms with Crippen molar-refractivity contribution in [1.29, 1.82) is 5.41 Å². The molecule has 1 saturated heterocycles. The number of anilines is 3. The third-order valence-electron chi connectivity index (χ3n) is 6.11. The normalized spacial score (nSPS) is 22.8. The van der Waals surface area contributed by atoms with Gasteiger partial charge in [-0.25, -0.2) is 23.7 Å². The van der Waals surface area contributed by atoms with Crippen LogP contribution in [0.4, 0.5) is 39.4 Å². The number of aromatic nitrogens is 3. The molecule has 1 saturated carbocycles. The van der Waals surface area contributed by atoms with Crippen LogP contribution in [0.15, 0.2) is 24.4 Å². The van der Waals surface area contributed by atoms with Crippen molar-refractivity contribution in [2.75, 3.05) is 35.2 Å². The number of nitrogens with zero attached hydrogens (tertiary/aromatic N) is 4. The molecule has 1 aliphatic heterocycles. The van der Waals surface area contributed by atoms with E-state index in [2.05, 4.69) is 25.6 Å². The smallest absolute Gasteiger partial charge is 0.366 e. The largest absolute Gasteiger partial charge is 0.433 e. The zero-order valence-electron chi connectivity index (χ0n) is 17.6. The zero-order chi connectivity index (χ0) is 23.6. The van der Waals surface area contributed by atoms with Crippen molar-refractivity contribution in [3.63, 3.8) is 0 Å². The van der Waals surface area contributed by atoms with E-state index in [9.17, 15) is 22.0 Å². The van der Waals surface area contributed by atoms with E-state index in [1.54, 1.807) is 6.07 Å². The Hall–Kier alpha value is -3.05. The van der Waals surface area contributed by atoms with Crippen molar-refractivity contribution in [2.24, 2.45) is 11.8 Å². The van der Waals surface area contributed by atoms with Gasteiger partial charge < -0.3 is 20.9 Å². The van der Waals surface area contributed by atoms with Gasteiger partial charge >= 0.3 is 6.18 Å². The Morgan fingerprint density at radius 1 is 1.15 bits per heavy atom. The van der Waals surface area contributed by atoms with E-state index >= 15 is 0 Å². The van der Waals surface area contributed by atoms with Crippen LogP contribution in [0, 0.1) is 17.2 Å². The Labute approximate surface area is 187 Å². The van der Waals surface area contributed by atoms with E-state index in [4.69, 9.17) is 5.41 Å². The van der Waals surface area contributed by atoms with Crippen LogP contribution >= 0.6 is 0 Å². The van der Waals surface area contributed by atoms with Crippen molar-refractivity contribution in [2.45, 2.75) is 37.9 Å². The fourth-order valence-corrected chi connectivity index (χ4v) is 4.59. The lowest BCUT2D eigenvalue weighted by Gasteiger charge is -2.31.